The van der Waals surface area contributed by atoms with E-state index in [0.29, 0.717) is 6.10 Å². The van der Waals surface area contributed by atoms with E-state index in [1.165, 1.54) is 0 Å². The molecule has 10 heavy (non-hydrogen) atoms. The highest BCUT2D eigenvalue weighted by atomic mass is 127. The average Bonchev–Trinajstić information content (AvgIpc) is 2.45. The third-order valence-electron chi connectivity index (χ3n) is 1.15. The van der Waals surface area contributed by atoms with Crippen molar-refractivity contribution in [3.8, 4) is 0 Å². The molecule has 1 fully saturated rings. The molecule has 0 aromatic rings. The quantitative estimate of drug-likeness (QED) is 0.322. The SMILES string of the molecule is CC(C)(I)BOCC1CO1. The lowest BCUT2D eigenvalue weighted by Crippen LogP contribution is -2.24. The van der Waals surface area contributed by atoms with Gasteiger partial charge in [0, 0.05) is 3.32 Å². The van der Waals surface area contributed by atoms with E-state index in [9.17, 15) is 0 Å². The second kappa shape index (κ2) is 3.41. The molecule has 0 bridgehead atoms. The van der Waals surface area contributed by atoms with Crippen LogP contribution in [0.2, 0.25) is 0 Å². The Bertz CT molecular complexity index is 109. The standard InChI is InChI=1S/C6H12BIO2/c1-6(2,8)7-10-4-5-3-9-5/h5,7H,3-4H2,1-2H3. The first-order valence-corrected chi connectivity index (χ1v) is 4.54. The van der Waals surface area contributed by atoms with Gasteiger partial charge >= 0.3 is 0 Å². The summed E-state index contributed by atoms with van der Waals surface area (Å²) in [6, 6.07) is 0. The fourth-order valence-corrected chi connectivity index (χ4v) is 0.818. The van der Waals surface area contributed by atoms with Crippen molar-refractivity contribution >= 4 is 30.1 Å². The van der Waals surface area contributed by atoms with Crippen molar-refractivity contribution in [3.63, 3.8) is 0 Å². The Morgan fingerprint density at radius 2 is 2.40 bits per heavy atom. The molecule has 1 rings (SSSR count). The van der Waals surface area contributed by atoms with Crippen LogP contribution in [0.4, 0.5) is 0 Å². The molecular formula is C6H12BIO2. The number of hydrogen-bond donors (Lipinski definition) is 0. The van der Waals surface area contributed by atoms with Crippen molar-refractivity contribution in [2.45, 2.75) is 23.3 Å². The normalized spacial score (nSPS) is 24.5. The van der Waals surface area contributed by atoms with E-state index >= 15 is 0 Å². The van der Waals surface area contributed by atoms with E-state index in [-0.39, 0.29) is 3.32 Å². The van der Waals surface area contributed by atoms with Crippen LogP contribution >= 0.6 is 22.6 Å². The summed E-state index contributed by atoms with van der Waals surface area (Å²) in [5.41, 5.74) is 0. The van der Waals surface area contributed by atoms with Gasteiger partial charge in [-0.2, -0.15) is 0 Å². The van der Waals surface area contributed by atoms with Crippen LogP contribution in [0.15, 0.2) is 0 Å². The van der Waals surface area contributed by atoms with Gasteiger partial charge in [0.15, 0.2) is 0 Å². The number of halogens is 1. The van der Waals surface area contributed by atoms with Crippen LogP contribution in [0.3, 0.4) is 0 Å². The molecule has 0 radical (unpaired) electrons. The van der Waals surface area contributed by atoms with Crippen molar-refractivity contribution in [1.29, 1.82) is 0 Å². The molecule has 1 unspecified atom stereocenters. The Balaban J connectivity index is 1.93. The fourth-order valence-electron chi connectivity index (χ4n) is 0.597. The minimum atomic E-state index is 0.257. The fraction of sp³-hybridized carbons (Fsp3) is 1.00. The van der Waals surface area contributed by atoms with Gasteiger partial charge in [-0.05, 0) is 0 Å². The molecule has 0 saturated carbocycles. The predicted molar refractivity (Wildman–Crippen MR) is 50.9 cm³/mol. The zero-order valence-corrected chi connectivity index (χ0v) is 8.55. The summed E-state index contributed by atoms with van der Waals surface area (Å²) >= 11 is 2.38. The Labute approximate surface area is 76.1 Å². The summed E-state index contributed by atoms with van der Waals surface area (Å²) in [6.45, 7) is 5.97. The van der Waals surface area contributed by atoms with Crippen LogP contribution in [0.25, 0.3) is 0 Å². The molecule has 1 aliphatic heterocycles. The van der Waals surface area contributed by atoms with Crippen LogP contribution < -0.4 is 0 Å². The first-order chi connectivity index (χ1) is 4.58. The molecule has 0 aromatic carbocycles. The average molecular weight is 254 g/mol. The highest BCUT2D eigenvalue weighted by Gasteiger charge is 2.24. The number of epoxide rings is 1. The number of alkyl halides is 1. The van der Waals surface area contributed by atoms with Crippen LogP contribution in [-0.2, 0) is 9.39 Å². The summed E-state index contributed by atoms with van der Waals surface area (Å²) in [6.07, 6.45) is 0.402. The van der Waals surface area contributed by atoms with Gasteiger partial charge in [-0.3, -0.25) is 0 Å². The van der Waals surface area contributed by atoms with Crippen molar-refractivity contribution in [2.75, 3.05) is 13.2 Å². The number of rotatable bonds is 4. The van der Waals surface area contributed by atoms with Crippen LogP contribution in [-0.4, -0.2) is 30.1 Å². The minimum Gasteiger partial charge on any atom is -0.435 e. The third-order valence-corrected chi connectivity index (χ3v) is 1.46. The Hall–Kier alpha value is 0.715. The maximum absolute atomic E-state index is 5.39. The second-order valence-corrected chi connectivity index (χ2v) is 6.11. The Kier molecular flexibility index (Phi) is 3.00. The van der Waals surface area contributed by atoms with Crippen molar-refractivity contribution < 1.29 is 9.39 Å². The molecule has 0 aliphatic carbocycles. The van der Waals surface area contributed by atoms with Gasteiger partial charge in [0.25, 0.3) is 7.48 Å². The first-order valence-electron chi connectivity index (χ1n) is 3.46. The Morgan fingerprint density at radius 3 is 2.80 bits per heavy atom. The molecule has 0 spiro atoms. The van der Waals surface area contributed by atoms with Gasteiger partial charge in [-0.1, -0.05) is 36.4 Å². The molecule has 1 aliphatic rings. The summed E-state index contributed by atoms with van der Waals surface area (Å²) < 4.78 is 10.6. The molecular weight excluding hydrogens is 242 g/mol. The summed E-state index contributed by atoms with van der Waals surface area (Å²) in [5, 5.41) is 0. The number of ether oxygens (including phenoxy) is 1. The highest BCUT2D eigenvalue weighted by Crippen LogP contribution is 2.16. The van der Waals surface area contributed by atoms with Crippen LogP contribution in [0, 0.1) is 0 Å². The summed E-state index contributed by atoms with van der Waals surface area (Å²) in [4.78, 5) is 0. The zero-order valence-electron chi connectivity index (χ0n) is 6.39. The molecule has 2 nitrogen and oxygen atoms in total. The summed E-state index contributed by atoms with van der Waals surface area (Å²) in [5.74, 6) is 0. The van der Waals surface area contributed by atoms with Gasteiger partial charge in [0.2, 0.25) is 0 Å². The van der Waals surface area contributed by atoms with E-state index in [1.54, 1.807) is 0 Å². The predicted octanol–water partition coefficient (Wildman–Crippen LogP) is 0.924. The molecule has 4 heteroatoms. The molecule has 1 saturated heterocycles. The molecule has 0 N–H and O–H groups in total. The Morgan fingerprint density at radius 1 is 1.80 bits per heavy atom. The first kappa shape index (κ1) is 8.81. The van der Waals surface area contributed by atoms with Gasteiger partial charge in [-0.25, -0.2) is 0 Å². The lowest BCUT2D eigenvalue weighted by atomic mass is 9.83. The lowest BCUT2D eigenvalue weighted by molar-refractivity contribution is 0.270. The van der Waals surface area contributed by atoms with E-state index in [0.717, 1.165) is 20.7 Å². The lowest BCUT2D eigenvalue weighted by Gasteiger charge is -2.12. The van der Waals surface area contributed by atoms with E-state index in [2.05, 4.69) is 36.4 Å². The highest BCUT2D eigenvalue weighted by molar-refractivity contribution is 14.1. The van der Waals surface area contributed by atoms with E-state index < -0.39 is 0 Å². The van der Waals surface area contributed by atoms with Gasteiger partial charge in [0.05, 0.1) is 13.2 Å². The van der Waals surface area contributed by atoms with Gasteiger partial charge in [-0.15, -0.1) is 0 Å². The maximum atomic E-state index is 5.39. The molecule has 1 atom stereocenters. The molecule has 0 amide bonds. The van der Waals surface area contributed by atoms with E-state index in [4.69, 9.17) is 9.39 Å². The zero-order chi connectivity index (χ0) is 7.61. The summed E-state index contributed by atoms with van der Waals surface area (Å²) in [7, 11) is 0.813. The monoisotopic (exact) mass is 254 g/mol. The molecule has 1 heterocycles. The smallest absolute Gasteiger partial charge is 0.290 e. The van der Waals surface area contributed by atoms with Crippen LogP contribution in [0.5, 0.6) is 0 Å². The van der Waals surface area contributed by atoms with Crippen molar-refractivity contribution in [1.82, 2.24) is 0 Å². The van der Waals surface area contributed by atoms with E-state index in [1.807, 2.05) is 0 Å². The minimum absolute atomic E-state index is 0.257. The molecule has 58 valence electrons. The van der Waals surface area contributed by atoms with Gasteiger partial charge < -0.3 is 9.39 Å². The van der Waals surface area contributed by atoms with Crippen LogP contribution in [0.1, 0.15) is 13.8 Å². The largest absolute Gasteiger partial charge is 0.435 e. The van der Waals surface area contributed by atoms with Gasteiger partial charge in [0.1, 0.15) is 6.10 Å². The van der Waals surface area contributed by atoms with Crippen molar-refractivity contribution in [3.05, 3.63) is 0 Å². The topological polar surface area (TPSA) is 21.8 Å². The number of hydrogen-bond acceptors (Lipinski definition) is 2. The maximum Gasteiger partial charge on any atom is 0.290 e. The molecule has 0 aromatic heterocycles. The third kappa shape index (κ3) is 4.52. The second-order valence-electron chi connectivity index (χ2n) is 3.19. The van der Waals surface area contributed by atoms with Crippen molar-refractivity contribution in [2.24, 2.45) is 0 Å².